The van der Waals surface area contributed by atoms with Gasteiger partial charge in [-0.05, 0) is 48.9 Å². The second-order valence-corrected chi connectivity index (χ2v) is 11.8. The van der Waals surface area contributed by atoms with Crippen LogP contribution in [0.15, 0.2) is 158 Å². The number of rotatable bonds is 5. The largest absolute Gasteiger partial charge is 0.316 e. The fourth-order valence-electron chi connectivity index (χ4n) is 6.71. The minimum Gasteiger partial charge on any atom is -0.316 e. The number of nitrogens with zero attached hydrogens (tertiary/aromatic N) is 5. The highest BCUT2D eigenvalue weighted by atomic mass is 15.0. The van der Waals surface area contributed by atoms with Crippen LogP contribution in [-0.2, 0) is 0 Å². The second-order valence-electron chi connectivity index (χ2n) is 11.8. The Kier molecular flexibility index (Phi) is 6.28. The van der Waals surface area contributed by atoms with E-state index in [-0.39, 0.29) is 0 Å². The van der Waals surface area contributed by atoms with Crippen LogP contribution in [0.4, 0.5) is 0 Å². The van der Waals surface area contributed by atoms with Crippen LogP contribution in [0.25, 0.3) is 78.2 Å². The van der Waals surface area contributed by atoms with Crippen molar-refractivity contribution in [3.05, 3.63) is 163 Å². The summed E-state index contributed by atoms with van der Waals surface area (Å²) in [5.41, 5.74) is 9.80. The van der Waals surface area contributed by atoms with Gasteiger partial charge in [-0.15, -0.1) is 0 Å². The minimum absolute atomic E-state index is 0.635. The summed E-state index contributed by atoms with van der Waals surface area (Å²) in [6.07, 6.45) is 2.19. The van der Waals surface area contributed by atoms with Gasteiger partial charge in [0.15, 0.2) is 17.5 Å². The van der Waals surface area contributed by atoms with Crippen molar-refractivity contribution in [3.63, 3.8) is 0 Å². The molecule has 0 amide bonds. The molecule has 3 aromatic heterocycles. The third-order valence-electron chi connectivity index (χ3n) is 8.94. The van der Waals surface area contributed by atoms with E-state index in [0.717, 1.165) is 27.9 Å². The molecular formula is C42H29N5. The number of hydrogen-bond donors (Lipinski definition) is 0. The Hall–Kier alpha value is -6.33. The van der Waals surface area contributed by atoms with Crippen molar-refractivity contribution >= 4 is 32.7 Å². The molecule has 6 aromatic carbocycles. The van der Waals surface area contributed by atoms with Gasteiger partial charge in [0.2, 0.25) is 0 Å². The molecule has 9 aromatic rings. The Morgan fingerprint density at radius 2 is 1.06 bits per heavy atom. The first-order valence-corrected chi connectivity index (χ1v) is 15.8. The zero-order valence-corrected chi connectivity index (χ0v) is 25.7. The summed E-state index contributed by atoms with van der Waals surface area (Å²) in [6, 6.07) is 52.7. The number of hydrogen-bond acceptors (Lipinski definition) is 3. The topological polar surface area (TPSA) is 48.5 Å². The van der Waals surface area contributed by atoms with Gasteiger partial charge in [0.05, 0.1) is 16.6 Å². The van der Waals surface area contributed by atoms with Crippen molar-refractivity contribution in [2.75, 3.05) is 0 Å². The molecule has 0 atom stereocenters. The molecule has 0 saturated carbocycles. The molecule has 3 heterocycles. The van der Waals surface area contributed by atoms with Crippen LogP contribution in [0.2, 0.25) is 0 Å². The molecule has 0 bridgehead atoms. The highest BCUT2D eigenvalue weighted by Crippen LogP contribution is 2.38. The van der Waals surface area contributed by atoms with Gasteiger partial charge in [0.25, 0.3) is 0 Å². The monoisotopic (exact) mass is 603 g/mol. The standard InChI is InChI=1S/C42H29N5/c1-28-13-8-10-21-36(28)46-26-25-35-37(46)24-23-34-33-20-9-11-22-38(33)47(39(34)35)32-19-12-18-31(27-32)42-44-40(29-14-4-2-5-15-29)43-41(45-42)30-16-6-3-7-17-30/h2-27H,1H3. The SMILES string of the molecule is Cc1ccccc1-n1ccc2c1ccc1c3ccccc3n(-c3cccc(-c4nc(-c5ccccc5)nc(-c5ccccc5)n4)c3)c12. The van der Waals surface area contributed by atoms with Crippen LogP contribution in [0.1, 0.15) is 5.56 Å². The molecule has 0 spiro atoms. The zero-order chi connectivity index (χ0) is 31.3. The van der Waals surface area contributed by atoms with Crippen LogP contribution in [0.3, 0.4) is 0 Å². The lowest BCUT2D eigenvalue weighted by Gasteiger charge is -2.12. The second kappa shape index (κ2) is 10.9. The van der Waals surface area contributed by atoms with Gasteiger partial charge in [-0.25, -0.2) is 15.0 Å². The highest BCUT2D eigenvalue weighted by molar-refractivity contribution is 6.18. The highest BCUT2D eigenvalue weighted by Gasteiger charge is 2.18. The van der Waals surface area contributed by atoms with E-state index >= 15 is 0 Å². The summed E-state index contributed by atoms with van der Waals surface area (Å²) in [7, 11) is 0. The third-order valence-corrected chi connectivity index (χ3v) is 8.94. The summed E-state index contributed by atoms with van der Waals surface area (Å²) in [5, 5.41) is 3.64. The van der Waals surface area contributed by atoms with Crippen molar-refractivity contribution in [1.82, 2.24) is 24.1 Å². The molecule has 0 saturated heterocycles. The molecule has 0 radical (unpaired) electrons. The van der Waals surface area contributed by atoms with Crippen molar-refractivity contribution in [1.29, 1.82) is 0 Å². The van der Waals surface area contributed by atoms with E-state index in [0.29, 0.717) is 17.5 Å². The van der Waals surface area contributed by atoms with Crippen LogP contribution in [0, 0.1) is 6.92 Å². The van der Waals surface area contributed by atoms with E-state index in [1.54, 1.807) is 0 Å². The molecule has 222 valence electrons. The molecular weight excluding hydrogens is 574 g/mol. The fraction of sp³-hybridized carbons (Fsp3) is 0.0238. The van der Waals surface area contributed by atoms with Gasteiger partial charge in [-0.3, -0.25) is 0 Å². The van der Waals surface area contributed by atoms with Gasteiger partial charge < -0.3 is 9.13 Å². The minimum atomic E-state index is 0.635. The third kappa shape index (κ3) is 4.51. The zero-order valence-electron chi connectivity index (χ0n) is 25.7. The molecule has 0 aliphatic carbocycles. The first kappa shape index (κ1) is 27.0. The van der Waals surface area contributed by atoms with Gasteiger partial charge in [0.1, 0.15) is 0 Å². The van der Waals surface area contributed by atoms with Gasteiger partial charge in [-0.2, -0.15) is 0 Å². The van der Waals surface area contributed by atoms with E-state index in [1.807, 2.05) is 60.7 Å². The lowest BCUT2D eigenvalue weighted by molar-refractivity contribution is 1.07. The molecule has 9 rings (SSSR count). The molecule has 0 unspecified atom stereocenters. The molecule has 0 aliphatic heterocycles. The lowest BCUT2D eigenvalue weighted by atomic mass is 10.1. The predicted octanol–water partition coefficient (Wildman–Crippen LogP) is 10.2. The van der Waals surface area contributed by atoms with E-state index in [2.05, 4.69) is 113 Å². The summed E-state index contributed by atoms with van der Waals surface area (Å²) >= 11 is 0. The van der Waals surface area contributed by atoms with Crippen LogP contribution in [-0.4, -0.2) is 24.1 Å². The average Bonchev–Trinajstić information content (AvgIpc) is 3.72. The maximum absolute atomic E-state index is 5.01. The Labute approximate surface area is 272 Å². The molecule has 0 aliphatic rings. The summed E-state index contributed by atoms with van der Waals surface area (Å²) < 4.78 is 4.68. The van der Waals surface area contributed by atoms with Crippen LogP contribution < -0.4 is 0 Å². The van der Waals surface area contributed by atoms with Crippen LogP contribution in [0.5, 0.6) is 0 Å². The quantitative estimate of drug-likeness (QED) is 0.197. The van der Waals surface area contributed by atoms with E-state index in [4.69, 9.17) is 15.0 Å². The van der Waals surface area contributed by atoms with E-state index < -0.39 is 0 Å². The Morgan fingerprint density at radius 1 is 0.447 bits per heavy atom. The van der Waals surface area contributed by atoms with Crippen molar-refractivity contribution in [3.8, 4) is 45.5 Å². The lowest BCUT2D eigenvalue weighted by Crippen LogP contribution is -2.01. The maximum Gasteiger partial charge on any atom is 0.164 e. The van der Waals surface area contributed by atoms with E-state index in [1.165, 1.54) is 38.4 Å². The molecule has 0 N–H and O–H groups in total. The predicted molar refractivity (Wildman–Crippen MR) is 192 cm³/mol. The first-order chi connectivity index (χ1) is 23.2. The number of fused-ring (bicyclic) bond motifs is 5. The number of para-hydroxylation sites is 2. The fourth-order valence-corrected chi connectivity index (χ4v) is 6.71. The van der Waals surface area contributed by atoms with Crippen molar-refractivity contribution in [2.45, 2.75) is 6.92 Å². The van der Waals surface area contributed by atoms with Crippen LogP contribution >= 0.6 is 0 Å². The number of benzene rings is 6. The van der Waals surface area contributed by atoms with E-state index in [9.17, 15) is 0 Å². The Bertz CT molecular complexity index is 2520. The maximum atomic E-state index is 5.01. The molecule has 5 heteroatoms. The van der Waals surface area contributed by atoms with Crippen molar-refractivity contribution in [2.24, 2.45) is 0 Å². The average molecular weight is 604 g/mol. The van der Waals surface area contributed by atoms with Crippen molar-refractivity contribution < 1.29 is 0 Å². The van der Waals surface area contributed by atoms with Gasteiger partial charge >= 0.3 is 0 Å². The number of aryl methyl sites for hydroxylation is 1. The Morgan fingerprint density at radius 3 is 1.79 bits per heavy atom. The summed E-state index contributed by atoms with van der Waals surface area (Å²) in [6.45, 7) is 2.16. The number of aromatic nitrogens is 5. The molecule has 0 fully saturated rings. The van der Waals surface area contributed by atoms with Gasteiger partial charge in [-0.1, -0.05) is 115 Å². The summed E-state index contributed by atoms with van der Waals surface area (Å²) in [5.74, 6) is 1.93. The molecule has 47 heavy (non-hydrogen) atoms. The summed E-state index contributed by atoms with van der Waals surface area (Å²) in [4.78, 5) is 14.9. The smallest absolute Gasteiger partial charge is 0.164 e. The Balaban J connectivity index is 1.27. The first-order valence-electron chi connectivity index (χ1n) is 15.8. The normalized spacial score (nSPS) is 11.5. The molecule has 5 nitrogen and oxygen atoms in total. The van der Waals surface area contributed by atoms with Gasteiger partial charge in [0, 0.05) is 50.4 Å².